The number of likely N-dealkylation sites (tertiary alicyclic amines) is 1. The van der Waals surface area contributed by atoms with E-state index in [-0.39, 0.29) is 17.5 Å². The van der Waals surface area contributed by atoms with Crippen molar-refractivity contribution in [2.45, 2.75) is 33.2 Å². The van der Waals surface area contributed by atoms with Crippen LogP contribution in [-0.4, -0.2) is 50.2 Å². The summed E-state index contributed by atoms with van der Waals surface area (Å²) in [5.41, 5.74) is 3.70. The van der Waals surface area contributed by atoms with E-state index in [1.807, 2.05) is 38.1 Å². The molecule has 1 saturated heterocycles. The van der Waals surface area contributed by atoms with E-state index in [4.69, 9.17) is 14.2 Å². The molecule has 0 bridgehead atoms. The molecule has 2 aromatic rings. The van der Waals surface area contributed by atoms with Crippen LogP contribution in [0.5, 0.6) is 23.0 Å². The minimum atomic E-state index is -0.0353. The first kappa shape index (κ1) is 22.0. The van der Waals surface area contributed by atoms with Gasteiger partial charge in [0.15, 0.2) is 17.3 Å². The van der Waals surface area contributed by atoms with E-state index in [9.17, 15) is 9.90 Å². The number of nitrogens with zero attached hydrogens (tertiary/aromatic N) is 1. The van der Waals surface area contributed by atoms with Crippen molar-refractivity contribution in [2.75, 3.05) is 34.4 Å². The number of Topliss-reactive ketones (excluding diaryl/α,β-unsaturated/α-hetero) is 1. The number of methoxy groups -OCH3 is 3. The Kier molecular flexibility index (Phi) is 6.87. The van der Waals surface area contributed by atoms with Gasteiger partial charge in [-0.05, 0) is 74.2 Å². The lowest BCUT2D eigenvalue weighted by Gasteiger charge is -2.32. The standard InChI is InChI=1S/C24H31NO5/c1-15-9-19(10-16(2)24(15)30-5)22(26)18-7-6-8-25(14-18)13-17-11-20(28-3)23(27)21(12-17)29-4/h9-12,18,27H,6-8,13-14H2,1-5H3. The summed E-state index contributed by atoms with van der Waals surface area (Å²) in [5.74, 6) is 1.77. The number of carbonyl (C=O) groups excluding carboxylic acids is 1. The molecule has 1 atom stereocenters. The Bertz CT molecular complexity index is 876. The number of aromatic hydroxyl groups is 1. The van der Waals surface area contributed by atoms with Crippen molar-refractivity contribution in [3.63, 3.8) is 0 Å². The summed E-state index contributed by atoms with van der Waals surface area (Å²) in [6.07, 6.45) is 1.86. The van der Waals surface area contributed by atoms with Gasteiger partial charge in [0.2, 0.25) is 5.75 Å². The number of ketones is 1. The van der Waals surface area contributed by atoms with Crippen molar-refractivity contribution in [3.8, 4) is 23.0 Å². The molecule has 0 aromatic heterocycles. The van der Waals surface area contributed by atoms with Crippen LogP contribution in [0.15, 0.2) is 24.3 Å². The monoisotopic (exact) mass is 413 g/mol. The van der Waals surface area contributed by atoms with Crippen LogP contribution in [0.3, 0.4) is 0 Å². The first-order valence-electron chi connectivity index (χ1n) is 10.2. The Labute approximate surface area is 178 Å². The number of benzene rings is 2. The van der Waals surface area contributed by atoms with Crippen LogP contribution in [0, 0.1) is 19.8 Å². The topological polar surface area (TPSA) is 68.2 Å². The molecule has 0 saturated carbocycles. The van der Waals surface area contributed by atoms with Gasteiger partial charge >= 0.3 is 0 Å². The molecule has 3 rings (SSSR count). The molecule has 1 fully saturated rings. The molecule has 1 unspecified atom stereocenters. The van der Waals surface area contributed by atoms with Crippen molar-refractivity contribution in [3.05, 3.63) is 46.5 Å². The Balaban J connectivity index is 1.75. The lowest BCUT2D eigenvalue weighted by atomic mass is 9.88. The third-order valence-electron chi connectivity index (χ3n) is 5.77. The minimum absolute atomic E-state index is 0.000642. The minimum Gasteiger partial charge on any atom is -0.502 e. The summed E-state index contributed by atoms with van der Waals surface area (Å²) < 4.78 is 16.0. The first-order chi connectivity index (χ1) is 14.4. The Hall–Kier alpha value is -2.73. The number of aryl methyl sites for hydroxylation is 2. The molecular weight excluding hydrogens is 382 g/mol. The second-order valence-corrected chi connectivity index (χ2v) is 7.93. The zero-order valence-corrected chi connectivity index (χ0v) is 18.4. The molecule has 162 valence electrons. The van der Waals surface area contributed by atoms with Gasteiger partial charge in [-0.3, -0.25) is 9.69 Å². The van der Waals surface area contributed by atoms with Crippen molar-refractivity contribution in [1.82, 2.24) is 4.90 Å². The summed E-state index contributed by atoms with van der Waals surface area (Å²) in [6.45, 7) is 6.24. The van der Waals surface area contributed by atoms with Crippen LogP contribution in [0.4, 0.5) is 0 Å². The van der Waals surface area contributed by atoms with Crippen LogP contribution in [0.25, 0.3) is 0 Å². The van der Waals surface area contributed by atoms with E-state index in [2.05, 4.69) is 4.90 Å². The van der Waals surface area contributed by atoms with E-state index in [1.165, 1.54) is 14.2 Å². The molecule has 1 aliphatic rings. The molecule has 0 spiro atoms. The maximum atomic E-state index is 13.2. The summed E-state index contributed by atoms with van der Waals surface area (Å²) in [5, 5.41) is 10.1. The molecule has 0 radical (unpaired) electrons. The quantitative estimate of drug-likeness (QED) is 0.689. The van der Waals surface area contributed by atoms with Gasteiger partial charge in [0.05, 0.1) is 21.3 Å². The highest BCUT2D eigenvalue weighted by atomic mass is 16.5. The van der Waals surface area contributed by atoms with E-state index in [1.54, 1.807) is 7.11 Å². The Morgan fingerprint density at radius 1 is 1.03 bits per heavy atom. The maximum absolute atomic E-state index is 13.2. The Morgan fingerprint density at radius 2 is 1.63 bits per heavy atom. The summed E-state index contributed by atoms with van der Waals surface area (Å²) in [6, 6.07) is 7.50. The lowest BCUT2D eigenvalue weighted by molar-refractivity contribution is 0.0811. The third kappa shape index (κ3) is 4.54. The highest BCUT2D eigenvalue weighted by Gasteiger charge is 2.27. The van der Waals surface area contributed by atoms with Gasteiger partial charge in [-0.2, -0.15) is 0 Å². The maximum Gasteiger partial charge on any atom is 0.200 e. The fourth-order valence-electron chi connectivity index (χ4n) is 4.36. The highest BCUT2D eigenvalue weighted by Crippen LogP contribution is 2.37. The zero-order valence-electron chi connectivity index (χ0n) is 18.4. The summed E-state index contributed by atoms with van der Waals surface area (Å²) in [4.78, 5) is 15.5. The van der Waals surface area contributed by atoms with E-state index in [0.29, 0.717) is 24.6 Å². The molecule has 1 aliphatic heterocycles. The normalized spacial score (nSPS) is 16.9. The zero-order chi connectivity index (χ0) is 21.8. The molecule has 0 amide bonds. The van der Waals surface area contributed by atoms with Crippen molar-refractivity contribution in [1.29, 1.82) is 0 Å². The fourth-order valence-corrected chi connectivity index (χ4v) is 4.36. The molecule has 1 heterocycles. The van der Waals surface area contributed by atoms with Gasteiger partial charge in [0, 0.05) is 24.6 Å². The van der Waals surface area contributed by atoms with Gasteiger partial charge in [-0.15, -0.1) is 0 Å². The van der Waals surface area contributed by atoms with Crippen LogP contribution in [0.1, 0.15) is 39.9 Å². The number of phenols is 1. The fraction of sp³-hybridized carbons (Fsp3) is 0.458. The molecule has 0 aliphatic carbocycles. The second-order valence-electron chi connectivity index (χ2n) is 7.93. The molecule has 6 heteroatoms. The number of piperidine rings is 1. The number of phenolic OH excluding ortho intramolecular Hbond substituents is 1. The molecule has 1 N–H and O–H groups in total. The Morgan fingerprint density at radius 3 is 2.17 bits per heavy atom. The predicted octanol–water partition coefficient (Wildman–Crippen LogP) is 4.13. The lowest BCUT2D eigenvalue weighted by Crippen LogP contribution is -2.38. The van der Waals surface area contributed by atoms with Crippen molar-refractivity contribution < 1.29 is 24.1 Å². The summed E-state index contributed by atoms with van der Waals surface area (Å²) >= 11 is 0. The largest absolute Gasteiger partial charge is 0.502 e. The summed E-state index contributed by atoms with van der Waals surface area (Å²) in [7, 11) is 4.70. The van der Waals surface area contributed by atoms with Crippen LogP contribution in [-0.2, 0) is 6.54 Å². The van der Waals surface area contributed by atoms with Crippen LogP contribution < -0.4 is 14.2 Å². The number of hydrogen-bond acceptors (Lipinski definition) is 6. The number of carbonyl (C=O) groups is 1. The van der Waals surface area contributed by atoms with Gasteiger partial charge < -0.3 is 19.3 Å². The first-order valence-corrected chi connectivity index (χ1v) is 10.2. The highest BCUT2D eigenvalue weighted by molar-refractivity contribution is 5.98. The van der Waals surface area contributed by atoms with Crippen LogP contribution in [0.2, 0.25) is 0 Å². The third-order valence-corrected chi connectivity index (χ3v) is 5.77. The average Bonchev–Trinajstić information content (AvgIpc) is 2.74. The van der Waals surface area contributed by atoms with E-state index < -0.39 is 0 Å². The number of hydrogen-bond donors (Lipinski definition) is 1. The smallest absolute Gasteiger partial charge is 0.200 e. The molecular formula is C24H31NO5. The van der Waals surface area contributed by atoms with E-state index in [0.717, 1.165) is 47.4 Å². The predicted molar refractivity (Wildman–Crippen MR) is 116 cm³/mol. The molecule has 30 heavy (non-hydrogen) atoms. The van der Waals surface area contributed by atoms with Gasteiger partial charge in [-0.25, -0.2) is 0 Å². The van der Waals surface area contributed by atoms with Crippen molar-refractivity contribution >= 4 is 5.78 Å². The van der Waals surface area contributed by atoms with Crippen LogP contribution >= 0.6 is 0 Å². The van der Waals surface area contributed by atoms with Gasteiger partial charge in [0.1, 0.15) is 5.75 Å². The van der Waals surface area contributed by atoms with Gasteiger partial charge in [-0.1, -0.05) is 0 Å². The van der Waals surface area contributed by atoms with E-state index >= 15 is 0 Å². The second kappa shape index (κ2) is 9.39. The van der Waals surface area contributed by atoms with Crippen molar-refractivity contribution in [2.24, 2.45) is 5.92 Å². The number of rotatable bonds is 7. The SMILES string of the molecule is COc1cc(CN2CCCC(C(=O)c3cc(C)c(OC)c(C)c3)C2)cc(OC)c1O. The molecule has 2 aromatic carbocycles. The molecule has 6 nitrogen and oxygen atoms in total. The van der Waals surface area contributed by atoms with Gasteiger partial charge in [0.25, 0.3) is 0 Å². The number of ether oxygens (including phenoxy) is 3. The average molecular weight is 414 g/mol.